The fraction of sp³-hybridized carbons (Fsp3) is 0.438. The standard InChI is InChI=1S/C16H22N2OS/c1-3-9-19-11-14(17-2)10-16-18-15(12-20-16)13-7-5-4-6-8-13/h4-8,12,14,17H,3,9-11H2,1-2H3. The normalized spacial score (nSPS) is 12.5. The van der Waals surface area contributed by atoms with Crippen molar-refractivity contribution in [2.45, 2.75) is 25.8 Å². The molecule has 0 aliphatic carbocycles. The molecular formula is C16H22N2OS. The minimum absolute atomic E-state index is 0.330. The Balaban J connectivity index is 1.94. The zero-order valence-corrected chi connectivity index (χ0v) is 13.0. The number of thiazole rings is 1. The van der Waals surface area contributed by atoms with Crippen LogP contribution in [0.2, 0.25) is 0 Å². The highest BCUT2D eigenvalue weighted by atomic mass is 32.1. The Kier molecular flexibility index (Phi) is 6.18. The molecule has 108 valence electrons. The van der Waals surface area contributed by atoms with Gasteiger partial charge < -0.3 is 10.1 Å². The van der Waals surface area contributed by atoms with Gasteiger partial charge in [-0.05, 0) is 13.5 Å². The average Bonchev–Trinajstić information content (AvgIpc) is 2.96. The summed E-state index contributed by atoms with van der Waals surface area (Å²) in [7, 11) is 1.98. The number of aromatic nitrogens is 1. The van der Waals surface area contributed by atoms with Crippen LogP contribution >= 0.6 is 11.3 Å². The van der Waals surface area contributed by atoms with Crippen LogP contribution in [0.15, 0.2) is 35.7 Å². The molecular weight excluding hydrogens is 268 g/mol. The van der Waals surface area contributed by atoms with Crippen molar-refractivity contribution in [1.82, 2.24) is 10.3 Å². The molecule has 0 spiro atoms. The third-order valence-corrected chi connectivity index (χ3v) is 3.99. The lowest BCUT2D eigenvalue weighted by Gasteiger charge is -2.14. The van der Waals surface area contributed by atoms with E-state index in [2.05, 4.69) is 29.8 Å². The molecule has 2 rings (SSSR count). The van der Waals surface area contributed by atoms with Crippen molar-refractivity contribution in [3.8, 4) is 11.3 Å². The first-order valence-corrected chi connectivity index (χ1v) is 7.96. The smallest absolute Gasteiger partial charge is 0.0949 e. The molecule has 0 amide bonds. The van der Waals surface area contributed by atoms with Crippen molar-refractivity contribution in [3.63, 3.8) is 0 Å². The van der Waals surface area contributed by atoms with Crippen LogP contribution < -0.4 is 5.32 Å². The van der Waals surface area contributed by atoms with Gasteiger partial charge in [0, 0.05) is 30.0 Å². The summed E-state index contributed by atoms with van der Waals surface area (Å²) in [6.07, 6.45) is 1.98. The van der Waals surface area contributed by atoms with Crippen LogP contribution in [-0.4, -0.2) is 31.3 Å². The van der Waals surface area contributed by atoms with E-state index in [0.29, 0.717) is 6.04 Å². The number of rotatable bonds is 8. The second-order valence-electron chi connectivity index (χ2n) is 4.76. The second-order valence-corrected chi connectivity index (χ2v) is 5.70. The first kappa shape index (κ1) is 15.2. The predicted octanol–water partition coefficient (Wildman–Crippen LogP) is 3.37. The minimum Gasteiger partial charge on any atom is -0.380 e. The zero-order chi connectivity index (χ0) is 14.2. The van der Waals surface area contributed by atoms with Crippen LogP contribution in [0.3, 0.4) is 0 Å². The predicted molar refractivity (Wildman–Crippen MR) is 85.2 cm³/mol. The fourth-order valence-electron chi connectivity index (χ4n) is 1.97. The number of nitrogens with one attached hydrogen (secondary N) is 1. The van der Waals surface area contributed by atoms with Crippen molar-refractivity contribution in [2.24, 2.45) is 0 Å². The zero-order valence-electron chi connectivity index (χ0n) is 12.1. The number of benzene rings is 1. The van der Waals surface area contributed by atoms with E-state index >= 15 is 0 Å². The minimum atomic E-state index is 0.330. The number of hydrogen-bond donors (Lipinski definition) is 1. The molecule has 1 aromatic heterocycles. The van der Waals surface area contributed by atoms with Crippen LogP contribution in [0.1, 0.15) is 18.4 Å². The van der Waals surface area contributed by atoms with Gasteiger partial charge in [-0.2, -0.15) is 0 Å². The van der Waals surface area contributed by atoms with E-state index < -0.39 is 0 Å². The molecule has 1 unspecified atom stereocenters. The van der Waals surface area contributed by atoms with E-state index in [1.54, 1.807) is 11.3 Å². The molecule has 0 bridgehead atoms. The van der Waals surface area contributed by atoms with Gasteiger partial charge in [0.1, 0.15) is 0 Å². The van der Waals surface area contributed by atoms with Gasteiger partial charge in [0.25, 0.3) is 0 Å². The Bertz CT molecular complexity index is 498. The third-order valence-electron chi connectivity index (χ3n) is 3.12. The summed E-state index contributed by atoms with van der Waals surface area (Å²) in [6.45, 7) is 3.69. The van der Waals surface area contributed by atoms with Gasteiger partial charge in [0.2, 0.25) is 0 Å². The average molecular weight is 290 g/mol. The molecule has 0 radical (unpaired) electrons. The second kappa shape index (κ2) is 8.15. The van der Waals surface area contributed by atoms with Gasteiger partial charge >= 0.3 is 0 Å². The summed E-state index contributed by atoms with van der Waals surface area (Å²) >= 11 is 1.72. The van der Waals surface area contributed by atoms with Crippen LogP contribution in [-0.2, 0) is 11.2 Å². The van der Waals surface area contributed by atoms with E-state index in [-0.39, 0.29) is 0 Å². The molecule has 2 aromatic rings. The molecule has 1 heterocycles. The van der Waals surface area contributed by atoms with Crippen molar-refractivity contribution in [1.29, 1.82) is 0 Å². The molecule has 0 aliphatic heterocycles. The largest absolute Gasteiger partial charge is 0.380 e. The Morgan fingerprint density at radius 3 is 2.80 bits per heavy atom. The molecule has 0 fully saturated rings. The summed E-state index contributed by atoms with van der Waals surface area (Å²) in [5, 5.41) is 6.59. The Morgan fingerprint density at radius 2 is 2.10 bits per heavy atom. The van der Waals surface area contributed by atoms with Crippen molar-refractivity contribution in [2.75, 3.05) is 20.3 Å². The number of hydrogen-bond acceptors (Lipinski definition) is 4. The molecule has 1 aromatic carbocycles. The Labute approximate surface area is 125 Å². The van der Waals surface area contributed by atoms with Crippen molar-refractivity contribution in [3.05, 3.63) is 40.7 Å². The Morgan fingerprint density at radius 1 is 1.30 bits per heavy atom. The highest BCUT2D eigenvalue weighted by molar-refractivity contribution is 7.09. The van der Waals surface area contributed by atoms with Gasteiger partial charge in [-0.1, -0.05) is 37.3 Å². The summed E-state index contributed by atoms with van der Waals surface area (Å²) in [5.74, 6) is 0. The first-order valence-electron chi connectivity index (χ1n) is 7.08. The first-order chi connectivity index (χ1) is 9.83. The van der Waals surface area contributed by atoms with Gasteiger partial charge in [-0.15, -0.1) is 11.3 Å². The quantitative estimate of drug-likeness (QED) is 0.757. The van der Waals surface area contributed by atoms with Gasteiger partial charge in [0.15, 0.2) is 0 Å². The topological polar surface area (TPSA) is 34.1 Å². The molecule has 0 saturated carbocycles. The maximum absolute atomic E-state index is 5.61. The fourth-order valence-corrected chi connectivity index (χ4v) is 2.86. The summed E-state index contributed by atoms with van der Waals surface area (Å²) < 4.78 is 5.61. The van der Waals surface area contributed by atoms with E-state index in [1.165, 1.54) is 5.56 Å². The lowest BCUT2D eigenvalue weighted by Crippen LogP contribution is -2.32. The summed E-state index contributed by atoms with van der Waals surface area (Å²) in [5.41, 5.74) is 2.24. The number of nitrogens with zero attached hydrogens (tertiary/aromatic N) is 1. The van der Waals surface area contributed by atoms with Crippen LogP contribution in [0.4, 0.5) is 0 Å². The van der Waals surface area contributed by atoms with Crippen molar-refractivity contribution >= 4 is 11.3 Å². The third kappa shape index (κ3) is 4.40. The molecule has 1 atom stereocenters. The van der Waals surface area contributed by atoms with Gasteiger partial charge in [-0.3, -0.25) is 0 Å². The van der Waals surface area contributed by atoms with E-state index in [9.17, 15) is 0 Å². The highest BCUT2D eigenvalue weighted by Crippen LogP contribution is 2.22. The molecule has 20 heavy (non-hydrogen) atoms. The molecule has 4 heteroatoms. The number of likely N-dealkylation sites (N-methyl/N-ethyl adjacent to an activating group) is 1. The highest BCUT2D eigenvalue weighted by Gasteiger charge is 2.11. The lowest BCUT2D eigenvalue weighted by molar-refractivity contribution is 0.114. The van der Waals surface area contributed by atoms with Gasteiger partial charge in [0.05, 0.1) is 17.3 Å². The maximum atomic E-state index is 5.61. The number of ether oxygens (including phenoxy) is 1. The molecule has 3 nitrogen and oxygen atoms in total. The van der Waals surface area contributed by atoms with Crippen LogP contribution in [0.5, 0.6) is 0 Å². The molecule has 0 saturated heterocycles. The molecule has 1 N–H and O–H groups in total. The van der Waals surface area contributed by atoms with Gasteiger partial charge in [-0.25, -0.2) is 4.98 Å². The van der Waals surface area contributed by atoms with Crippen LogP contribution in [0.25, 0.3) is 11.3 Å². The Hall–Kier alpha value is -1.23. The summed E-state index contributed by atoms with van der Waals surface area (Å²) in [4.78, 5) is 4.72. The maximum Gasteiger partial charge on any atom is 0.0949 e. The van der Waals surface area contributed by atoms with Crippen molar-refractivity contribution < 1.29 is 4.74 Å². The van der Waals surface area contributed by atoms with E-state index in [4.69, 9.17) is 9.72 Å². The SMILES string of the molecule is CCCOCC(Cc1nc(-c2ccccc2)cs1)NC. The summed E-state index contributed by atoms with van der Waals surface area (Å²) in [6, 6.07) is 10.6. The van der Waals surface area contributed by atoms with E-state index in [0.717, 1.165) is 36.8 Å². The van der Waals surface area contributed by atoms with E-state index in [1.807, 2.05) is 25.2 Å². The van der Waals surface area contributed by atoms with Crippen LogP contribution in [0, 0.1) is 0 Å². The lowest BCUT2D eigenvalue weighted by atomic mass is 10.2. The molecule has 0 aliphatic rings. The monoisotopic (exact) mass is 290 g/mol.